The van der Waals surface area contributed by atoms with Gasteiger partial charge in [-0.3, -0.25) is 14.4 Å². The number of nitrogens with zero attached hydrogens (tertiary/aromatic N) is 2. The summed E-state index contributed by atoms with van der Waals surface area (Å²) in [6, 6.07) is 0.189. The quantitative estimate of drug-likeness (QED) is 0.731. The van der Waals surface area contributed by atoms with Crippen LogP contribution in [-0.2, 0) is 19.1 Å². The van der Waals surface area contributed by atoms with Crippen LogP contribution in [0.15, 0.2) is 12.2 Å². The van der Waals surface area contributed by atoms with Gasteiger partial charge in [-0.1, -0.05) is 26.0 Å². The van der Waals surface area contributed by atoms with Crippen molar-refractivity contribution in [2.75, 3.05) is 26.2 Å². The second-order valence-electron chi connectivity index (χ2n) is 7.76. The molecule has 0 saturated carbocycles. The molecule has 4 heterocycles. The molecule has 2 unspecified atom stereocenters. The minimum atomic E-state index is -0.648. The molecule has 0 aromatic heterocycles. The highest BCUT2D eigenvalue weighted by molar-refractivity contribution is 5.93. The van der Waals surface area contributed by atoms with Crippen LogP contribution in [0.1, 0.15) is 33.1 Å². The zero-order valence-corrected chi connectivity index (χ0v) is 15.4. The summed E-state index contributed by atoms with van der Waals surface area (Å²) < 4.78 is 6.20. The lowest BCUT2D eigenvalue weighted by Crippen LogP contribution is -2.47. The summed E-state index contributed by atoms with van der Waals surface area (Å²) in [6.07, 6.45) is 5.73. The molecule has 0 aromatic rings. The van der Waals surface area contributed by atoms with Crippen molar-refractivity contribution in [3.8, 4) is 0 Å². The molecule has 4 atom stereocenters. The second kappa shape index (κ2) is 6.37. The molecule has 3 amide bonds. The Balaban J connectivity index is 1.58. The molecule has 26 heavy (non-hydrogen) atoms. The fraction of sp³-hybridized carbons (Fsp3) is 0.737. The zero-order valence-electron chi connectivity index (χ0n) is 15.4. The maximum absolute atomic E-state index is 13.3. The number of nitrogens with one attached hydrogen (secondary N) is 1. The number of amides is 3. The Labute approximate surface area is 153 Å². The molecule has 3 saturated heterocycles. The topological polar surface area (TPSA) is 79.0 Å². The molecule has 1 spiro atoms. The predicted molar refractivity (Wildman–Crippen MR) is 94.0 cm³/mol. The summed E-state index contributed by atoms with van der Waals surface area (Å²) >= 11 is 0. The third-order valence-corrected chi connectivity index (χ3v) is 6.42. The van der Waals surface area contributed by atoms with Gasteiger partial charge in [-0.2, -0.15) is 0 Å². The number of likely N-dealkylation sites (tertiary alicyclic amines) is 1. The van der Waals surface area contributed by atoms with Gasteiger partial charge in [-0.05, 0) is 12.8 Å². The Morgan fingerprint density at radius 3 is 2.85 bits per heavy atom. The van der Waals surface area contributed by atoms with Crippen molar-refractivity contribution >= 4 is 17.7 Å². The Morgan fingerprint density at radius 2 is 2.12 bits per heavy atom. The lowest BCUT2D eigenvalue weighted by molar-refractivity contribution is -0.144. The average molecular weight is 361 g/mol. The van der Waals surface area contributed by atoms with Crippen molar-refractivity contribution in [1.29, 1.82) is 0 Å². The van der Waals surface area contributed by atoms with Crippen molar-refractivity contribution in [2.24, 2.45) is 11.8 Å². The molecule has 7 heteroatoms. The monoisotopic (exact) mass is 361 g/mol. The Hall–Kier alpha value is -1.89. The molecule has 2 bridgehead atoms. The lowest BCUT2D eigenvalue weighted by atomic mass is 9.76. The summed E-state index contributed by atoms with van der Waals surface area (Å²) in [5.41, 5.74) is -0.648. The zero-order chi connectivity index (χ0) is 18.5. The maximum Gasteiger partial charge on any atom is 0.230 e. The average Bonchev–Trinajstić information content (AvgIpc) is 3.21. The van der Waals surface area contributed by atoms with E-state index in [1.54, 1.807) is 4.90 Å². The number of ether oxygens (including phenoxy) is 1. The SMILES string of the molecule is CCC(CC)N1C[C@]23C=C[C@H](O2)C(C(=O)N2CCNC(=O)CC2)C3C1=O. The van der Waals surface area contributed by atoms with Gasteiger partial charge in [0.2, 0.25) is 17.7 Å². The Bertz CT molecular complexity index is 659. The van der Waals surface area contributed by atoms with Gasteiger partial charge in [0.05, 0.1) is 24.5 Å². The van der Waals surface area contributed by atoms with Crippen molar-refractivity contribution < 1.29 is 19.1 Å². The third kappa shape index (κ3) is 2.47. The van der Waals surface area contributed by atoms with Gasteiger partial charge >= 0.3 is 0 Å². The van der Waals surface area contributed by atoms with Gasteiger partial charge in [-0.25, -0.2) is 0 Å². The largest absolute Gasteiger partial charge is 0.360 e. The number of fused-ring (bicyclic) bond motifs is 1. The molecule has 1 N–H and O–H groups in total. The van der Waals surface area contributed by atoms with Crippen LogP contribution in [-0.4, -0.2) is 71.4 Å². The first-order valence-corrected chi connectivity index (χ1v) is 9.74. The lowest BCUT2D eigenvalue weighted by Gasteiger charge is -2.30. The molecular weight excluding hydrogens is 334 g/mol. The fourth-order valence-electron chi connectivity index (χ4n) is 5.05. The molecule has 3 fully saturated rings. The van der Waals surface area contributed by atoms with E-state index in [-0.39, 0.29) is 29.9 Å². The molecule has 0 aliphatic carbocycles. The van der Waals surface area contributed by atoms with Crippen molar-refractivity contribution in [1.82, 2.24) is 15.1 Å². The summed E-state index contributed by atoms with van der Waals surface area (Å²) in [7, 11) is 0. The normalized spacial score (nSPS) is 35.9. The van der Waals surface area contributed by atoms with Gasteiger partial charge in [0, 0.05) is 32.1 Å². The van der Waals surface area contributed by atoms with E-state index in [0.717, 1.165) is 12.8 Å². The molecule has 4 rings (SSSR count). The highest BCUT2D eigenvalue weighted by Crippen LogP contribution is 2.53. The highest BCUT2D eigenvalue weighted by Gasteiger charge is 2.67. The first kappa shape index (κ1) is 17.5. The number of hydrogen-bond acceptors (Lipinski definition) is 4. The highest BCUT2D eigenvalue weighted by atomic mass is 16.5. The summed E-state index contributed by atoms with van der Waals surface area (Å²) in [5, 5.41) is 2.79. The van der Waals surface area contributed by atoms with Crippen LogP contribution in [0.3, 0.4) is 0 Å². The van der Waals surface area contributed by atoms with Gasteiger partial charge in [0.15, 0.2) is 0 Å². The van der Waals surface area contributed by atoms with Crippen LogP contribution in [0.25, 0.3) is 0 Å². The van der Waals surface area contributed by atoms with E-state index in [1.165, 1.54) is 0 Å². The molecule has 4 aliphatic heterocycles. The Morgan fingerprint density at radius 1 is 1.35 bits per heavy atom. The maximum atomic E-state index is 13.3. The van der Waals surface area contributed by atoms with Gasteiger partial charge in [-0.15, -0.1) is 0 Å². The van der Waals surface area contributed by atoms with E-state index < -0.39 is 17.4 Å². The van der Waals surface area contributed by atoms with Crippen LogP contribution < -0.4 is 5.32 Å². The number of carbonyl (C=O) groups excluding carboxylic acids is 3. The smallest absolute Gasteiger partial charge is 0.230 e. The summed E-state index contributed by atoms with van der Waals surface area (Å²) in [6.45, 7) is 6.07. The Kier molecular flexibility index (Phi) is 4.29. The van der Waals surface area contributed by atoms with Gasteiger partial charge < -0.3 is 19.9 Å². The second-order valence-corrected chi connectivity index (χ2v) is 7.76. The summed E-state index contributed by atoms with van der Waals surface area (Å²) in [5.74, 6) is -0.939. The third-order valence-electron chi connectivity index (χ3n) is 6.42. The first-order chi connectivity index (χ1) is 12.5. The van der Waals surface area contributed by atoms with Crippen LogP contribution >= 0.6 is 0 Å². The predicted octanol–water partition coefficient (Wildman–Crippen LogP) is 0.306. The minimum absolute atomic E-state index is 0.0299. The van der Waals surface area contributed by atoms with Gasteiger partial charge in [0.25, 0.3) is 0 Å². The van der Waals surface area contributed by atoms with E-state index in [4.69, 9.17) is 4.74 Å². The van der Waals surface area contributed by atoms with Crippen molar-refractivity contribution in [3.63, 3.8) is 0 Å². The number of carbonyl (C=O) groups is 3. The van der Waals surface area contributed by atoms with E-state index in [2.05, 4.69) is 19.2 Å². The molecule has 7 nitrogen and oxygen atoms in total. The van der Waals surface area contributed by atoms with Crippen LogP contribution in [0.2, 0.25) is 0 Å². The minimum Gasteiger partial charge on any atom is -0.360 e. The first-order valence-electron chi connectivity index (χ1n) is 9.74. The van der Waals surface area contributed by atoms with Crippen molar-refractivity contribution in [2.45, 2.75) is 50.9 Å². The molecular formula is C19H27N3O4. The number of rotatable bonds is 4. The van der Waals surface area contributed by atoms with E-state index in [9.17, 15) is 14.4 Å². The van der Waals surface area contributed by atoms with Gasteiger partial charge in [0.1, 0.15) is 5.60 Å². The molecule has 142 valence electrons. The molecule has 0 radical (unpaired) electrons. The fourth-order valence-corrected chi connectivity index (χ4v) is 5.05. The van der Waals surface area contributed by atoms with Crippen LogP contribution in [0.5, 0.6) is 0 Å². The van der Waals surface area contributed by atoms with Crippen LogP contribution in [0, 0.1) is 11.8 Å². The number of hydrogen-bond donors (Lipinski definition) is 1. The molecule has 4 aliphatic rings. The van der Waals surface area contributed by atoms with E-state index >= 15 is 0 Å². The van der Waals surface area contributed by atoms with E-state index in [0.29, 0.717) is 32.6 Å². The summed E-state index contributed by atoms with van der Waals surface area (Å²) in [4.78, 5) is 41.7. The molecule has 0 aromatic carbocycles. The van der Waals surface area contributed by atoms with E-state index in [1.807, 2.05) is 17.1 Å². The standard InChI is InChI=1S/C19H27N3O4/c1-3-12(4-2)22-11-19-7-5-13(26-19)15(16(19)18(22)25)17(24)21-9-6-14(23)20-8-10-21/h5,7,12-13,15-16H,3-4,6,8-11H2,1-2H3,(H,20,23)/t13-,15?,16?,19-/m0/s1. The van der Waals surface area contributed by atoms with Crippen LogP contribution in [0.4, 0.5) is 0 Å². The van der Waals surface area contributed by atoms with Crippen molar-refractivity contribution in [3.05, 3.63) is 12.2 Å².